The molecule has 1 unspecified atom stereocenters. The topological polar surface area (TPSA) is 82.3 Å². The van der Waals surface area contributed by atoms with Crippen LogP contribution in [0.4, 0.5) is 10.5 Å². The summed E-state index contributed by atoms with van der Waals surface area (Å²) in [6.07, 6.45) is 2.10. The highest BCUT2D eigenvalue weighted by Crippen LogP contribution is 2.21. The van der Waals surface area contributed by atoms with Gasteiger partial charge < -0.3 is 21.3 Å². The number of urea groups is 1. The Morgan fingerprint density at radius 2 is 2.04 bits per heavy atom. The summed E-state index contributed by atoms with van der Waals surface area (Å²) in [5, 5.41) is 12.1. The van der Waals surface area contributed by atoms with Gasteiger partial charge in [0.05, 0.1) is 10.6 Å². The van der Waals surface area contributed by atoms with Crippen LogP contribution in [-0.4, -0.2) is 37.1 Å². The Morgan fingerprint density at radius 3 is 2.65 bits per heavy atom. The monoisotopic (exact) mass is 402 g/mol. The fraction of sp³-hybridized carbons (Fsp3) is 0.556. The van der Waals surface area contributed by atoms with Crippen molar-refractivity contribution in [3.63, 3.8) is 0 Å². The van der Waals surface area contributed by atoms with E-state index in [9.17, 15) is 9.59 Å². The van der Waals surface area contributed by atoms with Crippen molar-refractivity contribution in [1.29, 1.82) is 0 Å². The highest BCUT2D eigenvalue weighted by Gasteiger charge is 2.17. The maximum absolute atomic E-state index is 12.4. The third-order valence-corrected chi connectivity index (χ3v) is 4.29. The van der Waals surface area contributed by atoms with E-state index in [0.717, 1.165) is 25.9 Å². The number of hydrogen-bond acceptors (Lipinski definition) is 3. The van der Waals surface area contributed by atoms with Crippen molar-refractivity contribution in [3.05, 3.63) is 28.8 Å². The number of benzene rings is 1. The Bertz CT molecular complexity index is 626. The number of carbonyl (C=O) groups excluding carboxylic acids is 2. The van der Waals surface area contributed by atoms with Crippen LogP contribution in [0.3, 0.4) is 0 Å². The molecular weight excluding hydrogens is 375 g/mol. The lowest BCUT2D eigenvalue weighted by Crippen LogP contribution is -2.43. The fourth-order valence-corrected chi connectivity index (χ4v) is 2.93. The van der Waals surface area contributed by atoms with Crippen LogP contribution >= 0.6 is 24.0 Å². The van der Waals surface area contributed by atoms with Crippen molar-refractivity contribution in [2.24, 2.45) is 5.92 Å². The largest absolute Gasteiger partial charge is 0.352 e. The van der Waals surface area contributed by atoms with Crippen molar-refractivity contribution in [1.82, 2.24) is 16.0 Å². The second kappa shape index (κ2) is 10.00. The van der Waals surface area contributed by atoms with Gasteiger partial charge in [0, 0.05) is 17.8 Å². The van der Waals surface area contributed by atoms with Crippen molar-refractivity contribution in [3.8, 4) is 0 Å². The van der Waals surface area contributed by atoms with Crippen LogP contribution in [0, 0.1) is 5.92 Å². The number of rotatable bonds is 5. The third-order valence-electron chi connectivity index (χ3n) is 3.96. The standard InChI is InChI=1S/C18H27ClN4O2.ClH/c1-18(2,3)23-17(25)22-13-4-5-15(19)14(10-13)16(24)21-9-7-12-6-8-20-11-12;/h4-5,10,12,20H,6-9,11H2,1-3H3,(H,21,24)(H2,22,23,25);1H. The molecule has 1 atom stereocenters. The van der Waals surface area contributed by atoms with E-state index in [-0.39, 0.29) is 29.9 Å². The van der Waals surface area contributed by atoms with Crippen molar-refractivity contribution >= 4 is 41.6 Å². The van der Waals surface area contributed by atoms with Crippen LogP contribution in [0.1, 0.15) is 44.0 Å². The summed E-state index contributed by atoms with van der Waals surface area (Å²) in [4.78, 5) is 24.3. The zero-order valence-corrected chi connectivity index (χ0v) is 17.0. The molecule has 0 bridgehead atoms. The Hall–Kier alpha value is -1.50. The molecule has 1 heterocycles. The average Bonchev–Trinajstić information content (AvgIpc) is 3.00. The molecule has 1 aromatic carbocycles. The van der Waals surface area contributed by atoms with Crippen molar-refractivity contribution < 1.29 is 9.59 Å². The Kier molecular flexibility index (Phi) is 8.67. The second-order valence-electron chi connectivity index (χ2n) is 7.43. The molecule has 3 amide bonds. The summed E-state index contributed by atoms with van der Waals surface area (Å²) in [5.74, 6) is 0.390. The predicted molar refractivity (Wildman–Crippen MR) is 109 cm³/mol. The summed E-state index contributed by atoms with van der Waals surface area (Å²) in [6.45, 7) is 8.37. The highest BCUT2D eigenvalue weighted by atomic mass is 35.5. The van der Waals surface area contributed by atoms with E-state index < -0.39 is 0 Å². The first-order valence-corrected chi connectivity index (χ1v) is 9.00. The SMILES string of the molecule is CC(C)(C)NC(=O)Nc1ccc(Cl)c(C(=O)NCCC2CCNC2)c1.Cl. The molecule has 1 aliphatic heterocycles. The number of anilines is 1. The number of amides is 3. The van der Waals surface area contributed by atoms with Crippen LogP contribution < -0.4 is 21.3 Å². The summed E-state index contributed by atoms with van der Waals surface area (Å²) in [5.41, 5.74) is 0.544. The number of carbonyl (C=O) groups is 2. The Labute approximate surface area is 166 Å². The second-order valence-corrected chi connectivity index (χ2v) is 7.83. The van der Waals surface area contributed by atoms with E-state index in [1.165, 1.54) is 0 Å². The summed E-state index contributed by atoms with van der Waals surface area (Å²) >= 11 is 6.14. The van der Waals surface area contributed by atoms with Gasteiger partial charge in [-0.05, 0) is 70.8 Å². The van der Waals surface area contributed by atoms with Gasteiger partial charge in [0.1, 0.15) is 0 Å². The molecule has 0 aromatic heterocycles. The molecule has 2 rings (SSSR count). The van der Waals surface area contributed by atoms with Gasteiger partial charge in [-0.15, -0.1) is 12.4 Å². The van der Waals surface area contributed by atoms with Gasteiger partial charge >= 0.3 is 6.03 Å². The average molecular weight is 403 g/mol. The quantitative estimate of drug-likeness (QED) is 0.608. The molecule has 0 aliphatic carbocycles. The molecule has 0 saturated carbocycles. The molecule has 1 fully saturated rings. The molecule has 1 aliphatic rings. The molecule has 1 aromatic rings. The van der Waals surface area contributed by atoms with Crippen LogP contribution in [-0.2, 0) is 0 Å². The number of nitrogens with one attached hydrogen (secondary N) is 4. The number of hydrogen-bond donors (Lipinski definition) is 4. The first-order chi connectivity index (χ1) is 11.7. The molecule has 146 valence electrons. The minimum Gasteiger partial charge on any atom is -0.352 e. The van der Waals surface area contributed by atoms with E-state index in [0.29, 0.717) is 28.7 Å². The molecule has 4 N–H and O–H groups in total. The van der Waals surface area contributed by atoms with Gasteiger partial charge in [-0.25, -0.2) is 4.79 Å². The zero-order valence-electron chi connectivity index (χ0n) is 15.4. The van der Waals surface area contributed by atoms with E-state index in [4.69, 9.17) is 11.6 Å². The molecule has 8 heteroatoms. The lowest BCUT2D eigenvalue weighted by Gasteiger charge is -2.21. The highest BCUT2D eigenvalue weighted by molar-refractivity contribution is 6.34. The first-order valence-electron chi connectivity index (χ1n) is 8.62. The van der Waals surface area contributed by atoms with Gasteiger partial charge in [-0.2, -0.15) is 0 Å². The van der Waals surface area contributed by atoms with Gasteiger partial charge in [0.15, 0.2) is 0 Å². The zero-order chi connectivity index (χ0) is 18.4. The lowest BCUT2D eigenvalue weighted by atomic mass is 10.1. The fourth-order valence-electron chi connectivity index (χ4n) is 2.73. The summed E-state index contributed by atoms with van der Waals surface area (Å²) in [7, 11) is 0. The first kappa shape index (κ1) is 22.5. The Morgan fingerprint density at radius 1 is 1.31 bits per heavy atom. The van der Waals surface area contributed by atoms with Crippen LogP contribution in [0.15, 0.2) is 18.2 Å². The molecule has 0 radical (unpaired) electrons. The summed E-state index contributed by atoms with van der Waals surface area (Å²) in [6, 6.07) is 4.56. The third kappa shape index (κ3) is 7.40. The maximum Gasteiger partial charge on any atom is 0.319 e. The van der Waals surface area contributed by atoms with Crippen LogP contribution in [0.2, 0.25) is 5.02 Å². The van der Waals surface area contributed by atoms with Crippen LogP contribution in [0.5, 0.6) is 0 Å². The molecular formula is C18H28Cl2N4O2. The van der Waals surface area contributed by atoms with Crippen LogP contribution in [0.25, 0.3) is 0 Å². The van der Waals surface area contributed by atoms with E-state index in [1.807, 2.05) is 20.8 Å². The molecule has 0 spiro atoms. The van der Waals surface area contributed by atoms with Gasteiger partial charge in [0.25, 0.3) is 5.91 Å². The lowest BCUT2D eigenvalue weighted by molar-refractivity contribution is 0.0951. The van der Waals surface area contributed by atoms with E-state index in [2.05, 4.69) is 21.3 Å². The predicted octanol–water partition coefficient (Wildman–Crippen LogP) is 3.41. The molecule has 6 nitrogen and oxygen atoms in total. The molecule has 26 heavy (non-hydrogen) atoms. The van der Waals surface area contributed by atoms with Crippen molar-refractivity contribution in [2.75, 3.05) is 25.0 Å². The Balaban J connectivity index is 0.00000338. The number of halogens is 2. The van der Waals surface area contributed by atoms with Gasteiger partial charge in [0.2, 0.25) is 0 Å². The summed E-state index contributed by atoms with van der Waals surface area (Å²) < 4.78 is 0. The van der Waals surface area contributed by atoms with Gasteiger partial charge in [-0.3, -0.25) is 4.79 Å². The van der Waals surface area contributed by atoms with E-state index in [1.54, 1.807) is 18.2 Å². The minimum atomic E-state index is -0.341. The minimum absolute atomic E-state index is 0. The van der Waals surface area contributed by atoms with Crippen molar-refractivity contribution in [2.45, 2.75) is 39.2 Å². The smallest absolute Gasteiger partial charge is 0.319 e. The normalized spacial score (nSPS) is 16.5. The van der Waals surface area contributed by atoms with E-state index >= 15 is 0 Å². The van der Waals surface area contributed by atoms with Gasteiger partial charge in [-0.1, -0.05) is 11.6 Å². The molecule has 1 saturated heterocycles. The maximum atomic E-state index is 12.4.